The molecule has 0 bridgehead atoms. The van der Waals surface area contributed by atoms with Gasteiger partial charge in [0.2, 0.25) is 0 Å². The number of hydrogen-bond donors (Lipinski definition) is 1. The molecule has 0 aromatic heterocycles. The van der Waals surface area contributed by atoms with E-state index in [1.807, 2.05) is 0 Å². The highest BCUT2D eigenvalue weighted by Crippen LogP contribution is 2.24. The van der Waals surface area contributed by atoms with Crippen LogP contribution in [0.3, 0.4) is 0 Å². The highest BCUT2D eigenvalue weighted by molar-refractivity contribution is 7.86. The van der Waals surface area contributed by atoms with Crippen LogP contribution in [0.25, 0.3) is 0 Å². The Morgan fingerprint density at radius 3 is 2.43 bits per heavy atom. The Morgan fingerprint density at radius 1 is 1.10 bits per heavy atom. The molecule has 2 heterocycles. The molecule has 0 aliphatic carbocycles. The molecular weight excluding hydrogens is 286 g/mol. The Bertz CT molecular complexity index is 405. The van der Waals surface area contributed by atoms with E-state index in [1.54, 1.807) is 8.61 Å². The quantitative estimate of drug-likeness (QED) is 0.758. The van der Waals surface area contributed by atoms with Gasteiger partial charge in [0.1, 0.15) is 0 Å². The Balaban J connectivity index is 1.83. The van der Waals surface area contributed by atoms with Crippen LogP contribution in [0.2, 0.25) is 0 Å². The molecule has 2 aliphatic rings. The van der Waals surface area contributed by atoms with Gasteiger partial charge in [-0.25, -0.2) is 0 Å². The maximum Gasteiger partial charge on any atom is 0.281 e. The summed E-state index contributed by atoms with van der Waals surface area (Å²) in [7, 11) is -3.22. The summed E-state index contributed by atoms with van der Waals surface area (Å²) in [6.07, 6.45) is 5.27. The van der Waals surface area contributed by atoms with Crippen molar-refractivity contribution in [3.8, 4) is 0 Å². The second-order valence-electron chi connectivity index (χ2n) is 6.66. The first-order valence-corrected chi connectivity index (χ1v) is 9.89. The van der Waals surface area contributed by atoms with Crippen LogP contribution in [0.4, 0.5) is 0 Å². The van der Waals surface area contributed by atoms with Crippen LogP contribution in [-0.2, 0) is 10.2 Å². The van der Waals surface area contributed by atoms with Crippen molar-refractivity contribution in [2.24, 2.45) is 11.8 Å². The van der Waals surface area contributed by atoms with Crippen LogP contribution in [0.5, 0.6) is 0 Å². The molecular formula is C15H31N3O2S. The summed E-state index contributed by atoms with van der Waals surface area (Å²) in [5, 5.41) is 3.45. The lowest BCUT2D eigenvalue weighted by molar-refractivity contribution is 0.225. The maximum absolute atomic E-state index is 12.7. The summed E-state index contributed by atoms with van der Waals surface area (Å²) < 4.78 is 28.8. The normalized spacial score (nSPS) is 27.0. The van der Waals surface area contributed by atoms with Crippen molar-refractivity contribution in [2.75, 3.05) is 39.3 Å². The third-order valence-electron chi connectivity index (χ3n) is 4.71. The van der Waals surface area contributed by atoms with E-state index in [4.69, 9.17) is 0 Å². The van der Waals surface area contributed by atoms with Gasteiger partial charge in [-0.05, 0) is 57.0 Å². The molecule has 1 atom stereocenters. The van der Waals surface area contributed by atoms with Crippen LogP contribution in [0.15, 0.2) is 0 Å². The number of nitrogens with zero attached hydrogens (tertiary/aromatic N) is 2. The average Bonchev–Trinajstić information content (AvgIpc) is 2.48. The summed E-state index contributed by atoms with van der Waals surface area (Å²) in [5.74, 6) is 1.12. The fourth-order valence-corrected chi connectivity index (χ4v) is 5.15. The second kappa shape index (κ2) is 7.90. The van der Waals surface area contributed by atoms with Crippen LogP contribution in [0.1, 0.15) is 46.0 Å². The summed E-state index contributed by atoms with van der Waals surface area (Å²) in [4.78, 5) is 0. The van der Waals surface area contributed by atoms with Crippen molar-refractivity contribution in [1.82, 2.24) is 13.9 Å². The van der Waals surface area contributed by atoms with E-state index in [2.05, 4.69) is 19.2 Å². The predicted molar refractivity (Wildman–Crippen MR) is 86.3 cm³/mol. The van der Waals surface area contributed by atoms with E-state index < -0.39 is 10.2 Å². The molecule has 0 aromatic carbocycles. The zero-order valence-electron chi connectivity index (χ0n) is 13.6. The standard InChI is InChI=1S/C15H31N3O2S/c1-3-8-16-12-15-6-10-17(11-7-15)21(19,20)18-9-4-5-14(2)13-18/h14-16H,3-13H2,1-2H3. The van der Waals surface area contributed by atoms with Crippen molar-refractivity contribution < 1.29 is 8.42 Å². The van der Waals surface area contributed by atoms with E-state index in [9.17, 15) is 8.42 Å². The zero-order chi connectivity index (χ0) is 15.3. The van der Waals surface area contributed by atoms with Gasteiger partial charge in [0.15, 0.2) is 0 Å². The lowest BCUT2D eigenvalue weighted by Gasteiger charge is -2.37. The monoisotopic (exact) mass is 317 g/mol. The minimum Gasteiger partial charge on any atom is -0.316 e. The molecule has 0 amide bonds. The SMILES string of the molecule is CCCNCC1CCN(S(=O)(=O)N2CCCC(C)C2)CC1. The van der Waals surface area contributed by atoms with Gasteiger partial charge >= 0.3 is 0 Å². The molecule has 0 radical (unpaired) electrons. The molecule has 2 rings (SSSR count). The van der Waals surface area contributed by atoms with Crippen LogP contribution >= 0.6 is 0 Å². The minimum atomic E-state index is -3.22. The van der Waals surface area contributed by atoms with Crippen LogP contribution < -0.4 is 5.32 Å². The fourth-order valence-electron chi connectivity index (χ4n) is 3.35. The van der Waals surface area contributed by atoms with Gasteiger partial charge in [0, 0.05) is 26.2 Å². The van der Waals surface area contributed by atoms with E-state index in [1.165, 1.54) is 0 Å². The topological polar surface area (TPSA) is 52.7 Å². The lowest BCUT2D eigenvalue weighted by atomic mass is 9.98. The third kappa shape index (κ3) is 4.65. The van der Waals surface area contributed by atoms with Crippen molar-refractivity contribution >= 4 is 10.2 Å². The number of rotatable bonds is 6. The van der Waals surface area contributed by atoms with Crippen LogP contribution in [0, 0.1) is 11.8 Å². The zero-order valence-corrected chi connectivity index (χ0v) is 14.4. The Morgan fingerprint density at radius 2 is 1.81 bits per heavy atom. The van der Waals surface area contributed by atoms with Gasteiger partial charge in [-0.3, -0.25) is 0 Å². The molecule has 0 spiro atoms. The predicted octanol–water partition coefficient (Wildman–Crippen LogP) is 1.67. The highest BCUT2D eigenvalue weighted by Gasteiger charge is 2.34. The molecule has 5 nitrogen and oxygen atoms in total. The van der Waals surface area contributed by atoms with E-state index >= 15 is 0 Å². The lowest BCUT2D eigenvalue weighted by Crippen LogP contribution is -2.50. The largest absolute Gasteiger partial charge is 0.316 e. The first kappa shape index (κ1) is 17.2. The van der Waals surface area contributed by atoms with E-state index in [-0.39, 0.29) is 0 Å². The summed E-state index contributed by atoms with van der Waals surface area (Å²) >= 11 is 0. The summed E-state index contributed by atoms with van der Waals surface area (Å²) in [6, 6.07) is 0. The molecule has 124 valence electrons. The Hall–Kier alpha value is -0.170. The van der Waals surface area contributed by atoms with Gasteiger partial charge in [-0.1, -0.05) is 13.8 Å². The summed E-state index contributed by atoms with van der Waals surface area (Å²) in [6.45, 7) is 9.17. The molecule has 1 unspecified atom stereocenters. The molecule has 2 aliphatic heterocycles. The van der Waals surface area contributed by atoms with Crippen molar-refractivity contribution in [2.45, 2.75) is 46.0 Å². The maximum atomic E-state index is 12.7. The van der Waals surface area contributed by atoms with Gasteiger partial charge in [0.05, 0.1) is 0 Å². The molecule has 0 aromatic rings. The summed E-state index contributed by atoms with van der Waals surface area (Å²) in [5.41, 5.74) is 0. The number of hydrogen-bond acceptors (Lipinski definition) is 3. The van der Waals surface area contributed by atoms with Crippen molar-refractivity contribution in [3.63, 3.8) is 0 Å². The second-order valence-corrected chi connectivity index (χ2v) is 8.59. The van der Waals surface area contributed by atoms with Crippen LogP contribution in [-0.4, -0.2) is 56.3 Å². The smallest absolute Gasteiger partial charge is 0.281 e. The van der Waals surface area contributed by atoms with Gasteiger partial charge in [-0.15, -0.1) is 0 Å². The molecule has 2 saturated heterocycles. The van der Waals surface area contributed by atoms with E-state index in [0.29, 0.717) is 38.0 Å². The molecule has 6 heteroatoms. The Labute approximate surface area is 130 Å². The van der Waals surface area contributed by atoms with E-state index in [0.717, 1.165) is 45.2 Å². The van der Waals surface area contributed by atoms with Gasteiger partial charge < -0.3 is 5.32 Å². The first-order valence-electron chi connectivity index (χ1n) is 8.50. The van der Waals surface area contributed by atoms with Gasteiger partial charge in [-0.2, -0.15) is 17.0 Å². The van der Waals surface area contributed by atoms with Crippen molar-refractivity contribution in [3.05, 3.63) is 0 Å². The molecule has 21 heavy (non-hydrogen) atoms. The first-order chi connectivity index (χ1) is 10.0. The molecule has 2 fully saturated rings. The number of piperidine rings is 2. The molecule has 0 saturated carbocycles. The molecule has 1 N–H and O–H groups in total. The van der Waals surface area contributed by atoms with Gasteiger partial charge in [0.25, 0.3) is 10.2 Å². The minimum absolute atomic E-state index is 0.490. The fraction of sp³-hybridized carbons (Fsp3) is 1.00. The average molecular weight is 317 g/mol. The Kier molecular flexibility index (Phi) is 6.47. The van der Waals surface area contributed by atoms with Crippen molar-refractivity contribution in [1.29, 1.82) is 0 Å². The number of nitrogens with one attached hydrogen (secondary N) is 1. The third-order valence-corrected chi connectivity index (χ3v) is 6.71. The highest BCUT2D eigenvalue weighted by atomic mass is 32.2.